The highest BCUT2D eigenvalue weighted by Gasteiger charge is 2.12. The fourth-order valence-corrected chi connectivity index (χ4v) is 1.07. The third-order valence-corrected chi connectivity index (χ3v) is 1.53. The van der Waals surface area contributed by atoms with Gasteiger partial charge >= 0.3 is 0 Å². The standard InChI is InChI=1S/C7H13NO/c1-9-6-7-3-2-4-8-5-7/h3,7H,2,4-6H2,1H3. The second-order valence-electron chi connectivity index (χ2n) is 2.37. The summed E-state index contributed by atoms with van der Waals surface area (Å²) >= 11 is 0. The molecule has 2 radical (unpaired) electrons. The molecule has 1 fully saturated rings. The van der Waals surface area contributed by atoms with E-state index in [1.807, 2.05) is 0 Å². The van der Waals surface area contributed by atoms with E-state index in [1.54, 1.807) is 7.11 Å². The molecule has 2 nitrogen and oxygen atoms in total. The van der Waals surface area contributed by atoms with Crippen molar-refractivity contribution in [1.29, 1.82) is 0 Å². The van der Waals surface area contributed by atoms with Crippen LogP contribution in [0.25, 0.3) is 0 Å². The minimum atomic E-state index is 0.587. The smallest absolute Gasteiger partial charge is 0.0506 e. The molecule has 0 aromatic heterocycles. The lowest BCUT2D eigenvalue weighted by Crippen LogP contribution is -2.27. The van der Waals surface area contributed by atoms with Gasteiger partial charge in [0, 0.05) is 20.2 Å². The lowest BCUT2D eigenvalue weighted by molar-refractivity contribution is 0.156. The Morgan fingerprint density at radius 1 is 1.78 bits per heavy atom. The van der Waals surface area contributed by atoms with Crippen LogP contribution in [0, 0.1) is 12.3 Å². The number of methoxy groups -OCH3 is 1. The number of nitrogens with zero attached hydrogens (tertiary/aromatic N) is 1. The van der Waals surface area contributed by atoms with Gasteiger partial charge in [-0.1, -0.05) is 0 Å². The summed E-state index contributed by atoms with van der Waals surface area (Å²) in [6.45, 7) is 2.82. The monoisotopic (exact) mass is 127 g/mol. The van der Waals surface area contributed by atoms with Gasteiger partial charge in [0.1, 0.15) is 0 Å². The first kappa shape index (κ1) is 7.03. The molecule has 0 aromatic rings. The molecule has 1 saturated heterocycles. The lowest BCUT2D eigenvalue weighted by Gasteiger charge is -2.19. The molecule has 1 aliphatic heterocycles. The molecule has 0 N–H and O–H groups in total. The molecule has 0 spiro atoms. The maximum atomic E-state index is 4.99. The van der Waals surface area contributed by atoms with E-state index in [0.29, 0.717) is 5.92 Å². The fraction of sp³-hybridized carbons (Fsp3) is 0.857. The van der Waals surface area contributed by atoms with Crippen molar-refractivity contribution in [2.75, 3.05) is 26.8 Å². The molecular weight excluding hydrogens is 114 g/mol. The topological polar surface area (TPSA) is 23.3 Å². The Labute approximate surface area is 56.6 Å². The molecule has 1 rings (SSSR count). The third kappa shape index (κ3) is 2.33. The van der Waals surface area contributed by atoms with E-state index in [-0.39, 0.29) is 0 Å². The summed E-state index contributed by atoms with van der Waals surface area (Å²) in [5.74, 6) is 0.587. The first-order chi connectivity index (χ1) is 4.43. The summed E-state index contributed by atoms with van der Waals surface area (Å²) in [6, 6.07) is 0. The molecule has 52 valence electrons. The van der Waals surface area contributed by atoms with E-state index in [0.717, 1.165) is 26.1 Å². The van der Waals surface area contributed by atoms with Gasteiger partial charge in [-0.05, 0) is 18.8 Å². The highest BCUT2D eigenvalue weighted by Crippen LogP contribution is 2.08. The van der Waals surface area contributed by atoms with Crippen LogP contribution in [0.1, 0.15) is 6.42 Å². The van der Waals surface area contributed by atoms with E-state index in [1.165, 1.54) is 0 Å². The molecule has 0 saturated carbocycles. The Balaban J connectivity index is 2.08. The minimum absolute atomic E-state index is 0.587. The molecular formula is C7H13NO. The summed E-state index contributed by atoms with van der Waals surface area (Å²) in [5.41, 5.74) is 0. The predicted molar refractivity (Wildman–Crippen MR) is 36.2 cm³/mol. The molecule has 0 bridgehead atoms. The largest absolute Gasteiger partial charge is 0.384 e. The van der Waals surface area contributed by atoms with E-state index in [4.69, 9.17) is 4.74 Å². The number of piperidine rings is 1. The van der Waals surface area contributed by atoms with Gasteiger partial charge in [0.2, 0.25) is 0 Å². The van der Waals surface area contributed by atoms with Gasteiger partial charge in [-0.15, -0.1) is 0 Å². The van der Waals surface area contributed by atoms with Gasteiger partial charge in [-0.25, -0.2) is 5.32 Å². The predicted octanol–water partition coefficient (Wildman–Crippen LogP) is 0.461. The van der Waals surface area contributed by atoms with Crippen LogP contribution in [0.15, 0.2) is 0 Å². The maximum Gasteiger partial charge on any atom is 0.0506 e. The summed E-state index contributed by atoms with van der Waals surface area (Å²) < 4.78 is 4.99. The van der Waals surface area contributed by atoms with E-state index < -0.39 is 0 Å². The van der Waals surface area contributed by atoms with Crippen LogP contribution >= 0.6 is 0 Å². The van der Waals surface area contributed by atoms with Crippen molar-refractivity contribution in [1.82, 2.24) is 5.32 Å². The van der Waals surface area contributed by atoms with Crippen molar-refractivity contribution in [3.05, 3.63) is 6.42 Å². The van der Waals surface area contributed by atoms with Crippen molar-refractivity contribution >= 4 is 0 Å². The maximum absolute atomic E-state index is 4.99. The second kappa shape index (κ2) is 3.85. The van der Waals surface area contributed by atoms with Crippen LogP contribution in [0.5, 0.6) is 0 Å². The van der Waals surface area contributed by atoms with Crippen LogP contribution < -0.4 is 5.32 Å². The molecule has 0 amide bonds. The highest BCUT2D eigenvalue weighted by molar-refractivity contribution is 4.82. The zero-order valence-electron chi connectivity index (χ0n) is 5.84. The zero-order valence-corrected chi connectivity index (χ0v) is 5.84. The zero-order chi connectivity index (χ0) is 6.53. The Hall–Kier alpha value is -0.0800. The van der Waals surface area contributed by atoms with E-state index in [9.17, 15) is 0 Å². The van der Waals surface area contributed by atoms with Crippen molar-refractivity contribution in [2.45, 2.75) is 6.42 Å². The third-order valence-electron chi connectivity index (χ3n) is 1.53. The molecule has 0 aromatic carbocycles. The molecule has 9 heavy (non-hydrogen) atoms. The number of rotatable bonds is 2. The lowest BCUT2D eigenvalue weighted by atomic mass is 10.0. The van der Waals surface area contributed by atoms with Gasteiger partial charge in [0.05, 0.1) is 6.61 Å². The minimum Gasteiger partial charge on any atom is -0.384 e. The highest BCUT2D eigenvalue weighted by atomic mass is 16.5. The van der Waals surface area contributed by atoms with Gasteiger partial charge < -0.3 is 4.74 Å². The first-order valence-electron chi connectivity index (χ1n) is 3.39. The summed E-state index contributed by atoms with van der Waals surface area (Å²) in [5, 5.41) is 4.27. The van der Waals surface area contributed by atoms with Gasteiger partial charge in [0.15, 0.2) is 0 Å². The normalized spacial score (nSPS) is 28.3. The van der Waals surface area contributed by atoms with Crippen LogP contribution in [0.4, 0.5) is 0 Å². The fourth-order valence-electron chi connectivity index (χ4n) is 1.07. The van der Waals surface area contributed by atoms with Gasteiger partial charge in [-0.3, -0.25) is 0 Å². The number of hydrogen-bond acceptors (Lipinski definition) is 1. The Morgan fingerprint density at radius 2 is 2.67 bits per heavy atom. The molecule has 2 heteroatoms. The molecule has 1 aliphatic rings. The Morgan fingerprint density at radius 3 is 3.22 bits per heavy atom. The number of ether oxygens (including phenoxy) is 1. The average molecular weight is 127 g/mol. The van der Waals surface area contributed by atoms with E-state index in [2.05, 4.69) is 11.7 Å². The van der Waals surface area contributed by atoms with Gasteiger partial charge in [0.25, 0.3) is 0 Å². The van der Waals surface area contributed by atoms with Crippen LogP contribution in [0.2, 0.25) is 0 Å². The first-order valence-corrected chi connectivity index (χ1v) is 3.39. The van der Waals surface area contributed by atoms with Crippen molar-refractivity contribution in [2.24, 2.45) is 5.92 Å². The van der Waals surface area contributed by atoms with Crippen LogP contribution in [-0.4, -0.2) is 26.8 Å². The Bertz CT molecular complexity index is 66.6. The van der Waals surface area contributed by atoms with Gasteiger partial charge in [-0.2, -0.15) is 0 Å². The average Bonchev–Trinajstić information content (AvgIpc) is 1.91. The molecule has 0 aliphatic carbocycles. The SMILES string of the molecule is COCC1[CH]CC[N]C1. The van der Waals surface area contributed by atoms with Crippen molar-refractivity contribution < 1.29 is 4.74 Å². The second-order valence-corrected chi connectivity index (χ2v) is 2.37. The Kier molecular flexibility index (Phi) is 3.01. The van der Waals surface area contributed by atoms with Crippen molar-refractivity contribution in [3.8, 4) is 0 Å². The quantitative estimate of drug-likeness (QED) is 0.528. The summed E-state index contributed by atoms with van der Waals surface area (Å²) in [4.78, 5) is 0. The van der Waals surface area contributed by atoms with Crippen LogP contribution in [-0.2, 0) is 4.74 Å². The van der Waals surface area contributed by atoms with Crippen molar-refractivity contribution in [3.63, 3.8) is 0 Å². The number of hydrogen-bond donors (Lipinski definition) is 0. The summed E-state index contributed by atoms with van der Waals surface area (Å²) in [6.07, 6.45) is 3.44. The summed E-state index contributed by atoms with van der Waals surface area (Å²) in [7, 11) is 1.74. The molecule has 1 heterocycles. The molecule has 1 unspecified atom stereocenters. The molecule has 1 atom stereocenters. The van der Waals surface area contributed by atoms with E-state index >= 15 is 0 Å². The van der Waals surface area contributed by atoms with Crippen LogP contribution in [0.3, 0.4) is 0 Å².